The first-order valence-electron chi connectivity index (χ1n) is 6.22. The lowest BCUT2D eigenvalue weighted by Crippen LogP contribution is -2.22. The maximum absolute atomic E-state index is 10.8. The van der Waals surface area contributed by atoms with Crippen molar-refractivity contribution in [2.24, 2.45) is 5.73 Å². The molecule has 0 spiro atoms. The summed E-state index contributed by atoms with van der Waals surface area (Å²) in [5.74, 6) is -0.0617. The highest BCUT2D eigenvalue weighted by Gasteiger charge is 2.07. The molecule has 106 valence electrons. The molecule has 2 amide bonds. The first kappa shape index (κ1) is 13.9. The van der Waals surface area contributed by atoms with Crippen LogP contribution in [0.15, 0.2) is 28.9 Å². The SMILES string of the molecule is CC(=O)NCCc1coc2ccc(COC(N)=O)cc12. The number of nitrogens with two attached hydrogens (primary N) is 1. The van der Waals surface area contributed by atoms with Crippen molar-refractivity contribution in [3.63, 3.8) is 0 Å². The zero-order chi connectivity index (χ0) is 14.5. The van der Waals surface area contributed by atoms with E-state index in [0.29, 0.717) is 13.0 Å². The normalized spacial score (nSPS) is 10.4. The van der Waals surface area contributed by atoms with Gasteiger partial charge in [0.15, 0.2) is 0 Å². The molecule has 0 aliphatic carbocycles. The van der Waals surface area contributed by atoms with E-state index < -0.39 is 6.09 Å². The van der Waals surface area contributed by atoms with E-state index in [4.69, 9.17) is 14.9 Å². The molecule has 1 heterocycles. The maximum Gasteiger partial charge on any atom is 0.404 e. The second-order valence-electron chi connectivity index (χ2n) is 4.43. The minimum atomic E-state index is -0.803. The molecule has 0 unspecified atom stereocenters. The molecule has 1 aromatic heterocycles. The fourth-order valence-electron chi connectivity index (χ4n) is 1.94. The van der Waals surface area contributed by atoms with Gasteiger partial charge in [0.2, 0.25) is 5.91 Å². The van der Waals surface area contributed by atoms with Crippen molar-refractivity contribution < 1.29 is 18.7 Å². The third-order valence-electron chi connectivity index (χ3n) is 2.87. The number of carbonyl (C=O) groups excluding carboxylic acids is 2. The van der Waals surface area contributed by atoms with Crippen LogP contribution in [0.3, 0.4) is 0 Å². The molecule has 0 bridgehead atoms. The van der Waals surface area contributed by atoms with Crippen LogP contribution in [0.25, 0.3) is 11.0 Å². The Morgan fingerprint density at radius 1 is 1.40 bits per heavy atom. The van der Waals surface area contributed by atoms with Crippen LogP contribution in [0.5, 0.6) is 0 Å². The topological polar surface area (TPSA) is 94.6 Å². The number of nitrogens with one attached hydrogen (secondary N) is 1. The van der Waals surface area contributed by atoms with Crippen LogP contribution in [0, 0.1) is 0 Å². The van der Waals surface area contributed by atoms with Crippen molar-refractivity contribution in [1.82, 2.24) is 5.32 Å². The summed E-state index contributed by atoms with van der Waals surface area (Å²) in [7, 11) is 0. The van der Waals surface area contributed by atoms with E-state index in [1.165, 1.54) is 6.92 Å². The van der Waals surface area contributed by atoms with Crippen molar-refractivity contribution in [1.29, 1.82) is 0 Å². The number of hydrogen-bond donors (Lipinski definition) is 2. The molecule has 6 nitrogen and oxygen atoms in total. The first-order chi connectivity index (χ1) is 9.56. The summed E-state index contributed by atoms with van der Waals surface area (Å²) >= 11 is 0. The predicted molar refractivity (Wildman–Crippen MR) is 73.0 cm³/mol. The van der Waals surface area contributed by atoms with Gasteiger partial charge < -0.3 is 20.2 Å². The van der Waals surface area contributed by atoms with E-state index in [1.807, 2.05) is 18.2 Å². The smallest absolute Gasteiger partial charge is 0.404 e. The highest BCUT2D eigenvalue weighted by Crippen LogP contribution is 2.23. The van der Waals surface area contributed by atoms with E-state index in [9.17, 15) is 9.59 Å². The van der Waals surface area contributed by atoms with Crippen LogP contribution in [-0.2, 0) is 22.6 Å². The van der Waals surface area contributed by atoms with Gasteiger partial charge in [-0.3, -0.25) is 4.79 Å². The third-order valence-corrected chi connectivity index (χ3v) is 2.87. The molecule has 2 rings (SSSR count). The predicted octanol–water partition coefficient (Wildman–Crippen LogP) is 1.71. The average molecular weight is 276 g/mol. The van der Waals surface area contributed by atoms with Crippen molar-refractivity contribution in [3.05, 3.63) is 35.6 Å². The molecule has 0 aliphatic heterocycles. The second kappa shape index (κ2) is 6.10. The van der Waals surface area contributed by atoms with Gasteiger partial charge in [-0.15, -0.1) is 0 Å². The molecule has 1 aromatic carbocycles. The lowest BCUT2D eigenvalue weighted by atomic mass is 10.1. The Morgan fingerprint density at radius 2 is 2.20 bits per heavy atom. The quantitative estimate of drug-likeness (QED) is 0.869. The Bertz CT molecular complexity index is 633. The highest BCUT2D eigenvalue weighted by molar-refractivity contribution is 5.82. The maximum atomic E-state index is 10.8. The third kappa shape index (κ3) is 3.50. The Hall–Kier alpha value is -2.50. The van der Waals surface area contributed by atoms with Gasteiger partial charge in [0.1, 0.15) is 12.2 Å². The van der Waals surface area contributed by atoms with Crippen LogP contribution in [0.2, 0.25) is 0 Å². The lowest BCUT2D eigenvalue weighted by Gasteiger charge is -2.03. The summed E-state index contributed by atoms with van der Waals surface area (Å²) in [6.07, 6.45) is 1.54. The molecule has 3 N–H and O–H groups in total. The van der Waals surface area contributed by atoms with Crippen LogP contribution < -0.4 is 11.1 Å². The molecule has 0 fully saturated rings. The molecule has 20 heavy (non-hydrogen) atoms. The number of primary amides is 1. The fourth-order valence-corrected chi connectivity index (χ4v) is 1.94. The molecule has 0 saturated heterocycles. The average Bonchev–Trinajstić information content (AvgIpc) is 2.79. The molecule has 6 heteroatoms. The summed E-state index contributed by atoms with van der Waals surface area (Å²) in [5, 5.41) is 3.68. The molecule has 0 atom stereocenters. The van der Waals surface area contributed by atoms with Crippen molar-refractivity contribution in [2.45, 2.75) is 20.0 Å². The van der Waals surface area contributed by atoms with Gasteiger partial charge >= 0.3 is 6.09 Å². The number of rotatable bonds is 5. The monoisotopic (exact) mass is 276 g/mol. The number of furan rings is 1. The van der Waals surface area contributed by atoms with E-state index in [1.54, 1.807) is 6.26 Å². The van der Waals surface area contributed by atoms with E-state index in [-0.39, 0.29) is 12.5 Å². The first-order valence-corrected chi connectivity index (χ1v) is 6.22. The molecule has 0 aliphatic rings. The summed E-state index contributed by atoms with van der Waals surface area (Å²) < 4.78 is 10.2. The van der Waals surface area contributed by atoms with E-state index in [2.05, 4.69) is 5.32 Å². The van der Waals surface area contributed by atoms with Gasteiger partial charge in [-0.05, 0) is 29.7 Å². The largest absolute Gasteiger partial charge is 0.464 e. The molecule has 2 aromatic rings. The second-order valence-corrected chi connectivity index (χ2v) is 4.43. The van der Waals surface area contributed by atoms with Crippen molar-refractivity contribution >= 4 is 23.0 Å². The summed E-state index contributed by atoms with van der Waals surface area (Å²) in [5.41, 5.74) is 7.52. The number of carbonyl (C=O) groups is 2. The number of benzene rings is 1. The van der Waals surface area contributed by atoms with Crippen LogP contribution in [0.1, 0.15) is 18.1 Å². The molecule has 0 saturated carbocycles. The summed E-state index contributed by atoms with van der Waals surface area (Å²) in [6.45, 7) is 2.15. The van der Waals surface area contributed by atoms with Gasteiger partial charge in [0, 0.05) is 18.9 Å². The van der Waals surface area contributed by atoms with E-state index >= 15 is 0 Å². The number of amides is 2. The Kier molecular flexibility index (Phi) is 4.24. The summed E-state index contributed by atoms with van der Waals surface area (Å²) in [4.78, 5) is 21.4. The minimum absolute atomic E-state index is 0.0617. The Labute approximate surface area is 115 Å². The number of hydrogen-bond acceptors (Lipinski definition) is 4. The number of fused-ring (bicyclic) bond motifs is 1. The number of ether oxygens (including phenoxy) is 1. The standard InChI is InChI=1S/C14H16N2O4/c1-9(17)16-5-4-11-8-19-13-3-2-10(6-12(11)13)7-20-14(15)18/h2-3,6,8H,4-5,7H2,1H3,(H2,15,18)(H,16,17). The Morgan fingerprint density at radius 3 is 2.90 bits per heavy atom. The van der Waals surface area contributed by atoms with Crippen LogP contribution in [-0.4, -0.2) is 18.5 Å². The zero-order valence-corrected chi connectivity index (χ0v) is 11.1. The van der Waals surface area contributed by atoms with Crippen molar-refractivity contribution in [2.75, 3.05) is 6.54 Å². The van der Waals surface area contributed by atoms with Crippen LogP contribution in [0.4, 0.5) is 4.79 Å². The van der Waals surface area contributed by atoms with E-state index in [0.717, 1.165) is 22.1 Å². The van der Waals surface area contributed by atoms with Gasteiger partial charge in [-0.2, -0.15) is 0 Å². The van der Waals surface area contributed by atoms with Gasteiger partial charge in [0.05, 0.1) is 6.26 Å². The van der Waals surface area contributed by atoms with Gasteiger partial charge in [-0.25, -0.2) is 4.79 Å². The van der Waals surface area contributed by atoms with Gasteiger partial charge in [-0.1, -0.05) is 6.07 Å². The van der Waals surface area contributed by atoms with Gasteiger partial charge in [0.25, 0.3) is 0 Å². The zero-order valence-electron chi connectivity index (χ0n) is 11.1. The molecular formula is C14H16N2O4. The fraction of sp³-hybridized carbons (Fsp3) is 0.286. The minimum Gasteiger partial charge on any atom is -0.464 e. The highest BCUT2D eigenvalue weighted by atomic mass is 16.5. The Balaban J connectivity index is 2.12. The summed E-state index contributed by atoms with van der Waals surface area (Å²) in [6, 6.07) is 5.52. The lowest BCUT2D eigenvalue weighted by molar-refractivity contribution is -0.118. The molecular weight excluding hydrogens is 260 g/mol. The van der Waals surface area contributed by atoms with Crippen LogP contribution >= 0.6 is 0 Å². The molecule has 0 radical (unpaired) electrons. The van der Waals surface area contributed by atoms with Crippen molar-refractivity contribution in [3.8, 4) is 0 Å².